The number of Topliss-reactive ketones (excluding diaryl/α,β-unsaturated/α-hetero) is 1. The quantitative estimate of drug-likeness (QED) is 0.273. The molecule has 2 unspecified atom stereocenters. The Hall–Kier alpha value is -3.42. The van der Waals surface area contributed by atoms with Gasteiger partial charge in [-0.2, -0.15) is 0 Å². The number of nitrogens with one attached hydrogen (secondary N) is 2. The second kappa shape index (κ2) is 15.9. The third-order valence-corrected chi connectivity index (χ3v) is 4.67. The molecule has 14 nitrogen and oxygen atoms in total. The van der Waals surface area contributed by atoms with Crippen LogP contribution in [-0.4, -0.2) is 97.7 Å². The van der Waals surface area contributed by atoms with Crippen molar-refractivity contribution < 1.29 is 52.8 Å². The van der Waals surface area contributed by atoms with Crippen LogP contribution in [-0.2, 0) is 38.1 Å². The van der Waals surface area contributed by atoms with E-state index < -0.39 is 66.0 Å². The van der Waals surface area contributed by atoms with Crippen molar-refractivity contribution in [2.75, 3.05) is 27.4 Å². The first-order valence-electron chi connectivity index (χ1n) is 12.3. The molecular weight excluding hydrogens is 518 g/mol. The molecule has 0 aromatic rings. The molecule has 0 saturated heterocycles. The van der Waals surface area contributed by atoms with Gasteiger partial charge in [-0.05, 0) is 55.4 Å². The van der Waals surface area contributed by atoms with Gasteiger partial charge < -0.3 is 39.4 Å². The minimum atomic E-state index is -0.921. The van der Waals surface area contributed by atoms with Gasteiger partial charge in [-0.15, -0.1) is 0 Å². The molecule has 1 heterocycles. The highest BCUT2D eigenvalue weighted by Crippen LogP contribution is 2.11. The molecule has 0 fully saturated rings. The fourth-order valence-corrected chi connectivity index (χ4v) is 2.81. The van der Waals surface area contributed by atoms with E-state index in [1.54, 1.807) is 48.5 Å². The monoisotopic (exact) mass is 561 g/mol. The minimum Gasteiger partial charge on any atom is -0.477 e. The fraction of sp³-hybridized carbons (Fsp3) is 0.760. The van der Waals surface area contributed by atoms with Crippen LogP contribution in [0.3, 0.4) is 0 Å². The topological polar surface area (TPSA) is 188 Å². The smallest absolute Gasteiger partial charge is 0.408 e. The Morgan fingerprint density at radius 3 is 1.90 bits per heavy atom. The maximum Gasteiger partial charge on any atom is 0.408 e. The molecule has 14 heteroatoms. The first-order chi connectivity index (χ1) is 17.8. The molecule has 0 saturated carbocycles. The van der Waals surface area contributed by atoms with E-state index in [2.05, 4.69) is 25.1 Å². The number of carbonyl (C=O) groups is 5. The van der Waals surface area contributed by atoms with Crippen LogP contribution in [0, 0.1) is 5.92 Å². The molecule has 39 heavy (non-hydrogen) atoms. The van der Waals surface area contributed by atoms with Crippen LogP contribution in [0.2, 0.25) is 0 Å². The van der Waals surface area contributed by atoms with Crippen molar-refractivity contribution in [1.29, 1.82) is 0 Å². The van der Waals surface area contributed by atoms with Crippen LogP contribution in [0.25, 0.3) is 0 Å². The van der Waals surface area contributed by atoms with Crippen LogP contribution >= 0.6 is 0 Å². The molecule has 1 aliphatic heterocycles. The molecule has 0 radical (unpaired) electrons. The number of ketones is 1. The summed E-state index contributed by atoms with van der Waals surface area (Å²) in [6.45, 7) is 13.3. The summed E-state index contributed by atoms with van der Waals surface area (Å²) in [6, 6.07) is -1.95. The highest BCUT2D eigenvalue weighted by molar-refractivity contribution is 5.91. The summed E-state index contributed by atoms with van der Waals surface area (Å²) in [7, 11) is 2.47. The maximum absolute atomic E-state index is 11.8. The summed E-state index contributed by atoms with van der Waals surface area (Å²) in [5, 5.41) is 14.0. The molecule has 0 bridgehead atoms. The lowest BCUT2D eigenvalue weighted by Gasteiger charge is -2.22. The number of ether oxygens (including phenoxy) is 5. The number of aliphatic imine (C=N–C) groups is 1. The van der Waals surface area contributed by atoms with Crippen molar-refractivity contribution in [1.82, 2.24) is 10.6 Å². The number of carbonyl (C=O) groups excluding carboxylic acids is 5. The number of aliphatic hydroxyl groups excluding tert-OH is 1. The van der Waals surface area contributed by atoms with Crippen molar-refractivity contribution >= 4 is 35.8 Å². The van der Waals surface area contributed by atoms with E-state index in [9.17, 15) is 24.0 Å². The van der Waals surface area contributed by atoms with E-state index in [1.807, 2.05) is 0 Å². The van der Waals surface area contributed by atoms with Gasteiger partial charge >= 0.3 is 24.1 Å². The van der Waals surface area contributed by atoms with E-state index in [1.165, 1.54) is 21.1 Å². The van der Waals surface area contributed by atoms with E-state index in [-0.39, 0.29) is 18.8 Å². The number of hydrogen-bond acceptors (Lipinski definition) is 12. The van der Waals surface area contributed by atoms with E-state index in [0.717, 1.165) is 0 Å². The zero-order valence-electron chi connectivity index (χ0n) is 24.4. The Labute approximate surface area is 229 Å². The zero-order valence-corrected chi connectivity index (χ0v) is 24.4. The number of hydrogen-bond donors (Lipinski definition) is 3. The molecule has 1 aliphatic rings. The number of esters is 2. The number of alkyl carbamates (subject to hydrolysis) is 2. The van der Waals surface area contributed by atoms with Gasteiger partial charge in [0.05, 0.1) is 32.8 Å². The third kappa shape index (κ3) is 14.9. The number of aliphatic hydroxyl groups is 1. The van der Waals surface area contributed by atoms with Gasteiger partial charge in [-0.1, -0.05) is 0 Å². The van der Waals surface area contributed by atoms with Gasteiger partial charge in [0, 0.05) is 6.42 Å². The summed E-state index contributed by atoms with van der Waals surface area (Å²) in [6.07, 6.45) is -1.48. The Morgan fingerprint density at radius 2 is 1.46 bits per heavy atom. The second-order valence-electron chi connectivity index (χ2n) is 10.6. The van der Waals surface area contributed by atoms with Crippen LogP contribution in [0.15, 0.2) is 4.99 Å². The van der Waals surface area contributed by atoms with Crippen LogP contribution in [0.5, 0.6) is 0 Å². The minimum absolute atomic E-state index is 0.127. The molecule has 224 valence electrons. The van der Waals surface area contributed by atoms with E-state index in [0.29, 0.717) is 5.90 Å². The van der Waals surface area contributed by atoms with Crippen molar-refractivity contribution in [3.05, 3.63) is 0 Å². The summed E-state index contributed by atoms with van der Waals surface area (Å²) in [4.78, 5) is 61.5. The lowest BCUT2D eigenvalue weighted by Crippen LogP contribution is -2.42. The van der Waals surface area contributed by atoms with Gasteiger partial charge in [-0.25, -0.2) is 19.4 Å². The first-order valence-corrected chi connectivity index (χ1v) is 12.3. The average molecular weight is 562 g/mol. The zero-order chi connectivity index (χ0) is 30.6. The summed E-state index contributed by atoms with van der Waals surface area (Å²) in [5.74, 6) is -2.14. The predicted octanol–water partition coefficient (Wildman–Crippen LogP) is 1.51. The van der Waals surface area contributed by atoms with Gasteiger partial charge in [0.2, 0.25) is 5.90 Å². The van der Waals surface area contributed by atoms with Crippen molar-refractivity contribution in [2.45, 2.75) is 91.1 Å². The molecule has 1 rings (SSSR count). The highest BCUT2D eigenvalue weighted by Gasteiger charge is 2.30. The van der Waals surface area contributed by atoms with Gasteiger partial charge in [0.15, 0.2) is 11.8 Å². The fourth-order valence-electron chi connectivity index (χ4n) is 2.81. The molecule has 2 amide bonds. The van der Waals surface area contributed by atoms with Gasteiger partial charge in [0.1, 0.15) is 23.9 Å². The molecule has 3 N–H and O–H groups in total. The Kier molecular flexibility index (Phi) is 14.5. The Morgan fingerprint density at radius 1 is 0.949 bits per heavy atom. The second-order valence-corrected chi connectivity index (χ2v) is 10.6. The summed E-state index contributed by atoms with van der Waals surface area (Å²) >= 11 is 0. The number of rotatable bonds is 9. The van der Waals surface area contributed by atoms with E-state index in [4.69, 9.17) is 19.3 Å². The number of nitrogens with zero attached hydrogens (tertiary/aromatic N) is 1. The normalized spacial score (nSPS) is 17.0. The molecule has 0 aliphatic carbocycles. The summed E-state index contributed by atoms with van der Waals surface area (Å²) < 4.78 is 24.4. The standard InChI is InChI=1S/C13H23NO6.C12H20N2O5/c1-8(14-12(18)20-13(2,3)4)10(16)6-9(7-15)11(17)19-5;1-7(13-11(16)19-12(2,3)4)9-14-8(6-18-9)10(15)17-5/h8-9,15H,6-7H2,1-5H3,(H,14,18);7-8H,6H2,1-5H3,(H,13,16)/t8-,9?;7-,8?/m11/s1. The number of methoxy groups -OCH3 is 2. The SMILES string of the molecule is COC(=O)C(CO)CC(=O)[C@@H](C)NC(=O)OC(C)(C)C.COC(=O)C1COC([C@@H](C)NC(=O)OC(C)(C)C)=N1. The number of amides is 2. The van der Waals surface area contributed by atoms with Crippen molar-refractivity contribution in [2.24, 2.45) is 10.9 Å². The first kappa shape index (κ1) is 35.6. The lowest BCUT2D eigenvalue weighted by molar-refractivity contribution is -0.148. The molecule has 0 aromatic carbocycles. The maximum atomic E-state index is 11.8. The molecule has 0 aromatic heterocycles. The Balaban J connectivity index is 0.000000741. The molecule has 0 spiro atoms. The summed E-state index contributed by atoms with van der Waals surface area (Å²) in [5.41, 5.74) is -1.23. The highest BCUT2D eigenvalue weighted by atomic mass is 16.6. The van der Waals surface area contributed by atoms with Crippen LogP contribution in [0.4, 0.5) is 9.59 Å². The largest absolute Gasteiger partial charge is 0.477 e. The Bertz CT molecular complexity index is 891. The molecular formula is C25H43N3O11. The molecule has 4 atom stereocenters. The van der Waals surface area contributed by atoms with Crippen molar-refractivity contribution in [3.8, 4) is 0 Å². The third-order valence-electron chi connectivity index (χ3n) is 4.67. The average Bonchev–Trinajstić information content (AvgIpc) is 3.29. The van der Waals surface area contributed by atoms with Gasteiger partial charge in [0.25, 0.3) is 0 Å². The van der Waals surface area contributed by atoms with E-state index >= 15 is 0 Å². The van der Waals surface area contributed by atoms with Crippen LogP contribution in [0.1, 0.15) is 61.8 Å². The van der Waals surface area contributed by atoms with Gasteiger partial charge in [-0.3, -0.25) is 9.59 Å². The lowest BCUT2D eigenvalue weighted by atomic mass is 10.00. The predicted molar refractivity (Wildman–Crippen MR) is 139 cm³/mol. The van der Waals surface area contributed by atoms with Crippen molar-refractivity contribution in [3.63, 3.8) is 0 Å². The van der Waals surface area contributed by atoms with Crippen LogP contribution < -0.4 is 10.6 Å².